The number of nitrogens with two attached hydrogens (primary N) is 1. The Morgan fingerprint density at radius 3 is 2.73 bits per heavy atom. The molecule has 0 aromatic heterocycles. The highest BCUT2D eigenvalue weighted by atomic mass is 16.5. The van der Waals surface area contributed by atoms with Gasteiger partial charge in [-0.25, -0.2) is 0 Å². The first-order valence-corrected chi connectivity index (χ1v) is 9.12. The highest BCUT2D eigenvalue weighted by Crippen LogP contribution is 2.31. The van der Waals surface area contributed by atoms with Gasteiger partial charge in [0, 0.05) is 32.1 Å². The maximum absolute atomic E-state index is 12.2. The molecule has 0 aliphatic carbocycles. The van der Waals surface area contributed by atoms with E-state index in [0.29, 0.717) is 18.9 Å². The van der Waals surface area contributed by atoms with Gasteiger partial charge in [-0.15, -0.1) is 0 Å². The lowest BCUT2D eigenvalue weighted by Gasteiger charge is -2.21. The van der Waals surface area contributed by atoms with Crippen LogP contribution in [0.1, 0.15) is 24.4 Å². The Hall–Kier alpha value is -2.53. The number of methoxy groups -OCH3 is 1. The Kier molecular flexibility index (Phi) is 6.12. The molecule has 2 aromatic carbocycles. The molecule has 3 rings (SSSR count). The fourth-order valence-electron chi connectivity index (χ4n) is 3.46. The lowest BCUT2D eigenvalue weighted by molar-refractivity contribution is -0.121. The fourth-order valence-corrected chi connectivity index (χ4v) is 3.46. The highest BCUT2D eigenvalue weighted by Gasteiger charge is 2.25. The Morgan fingerprint density at radius 1 is 1.23 bits per heavy atom. The zero-order valence-corrected chi connectivity index (χ0v) is 15.2. The maximum Gasteiger partial charge on any atom is 0.221 e. The third kappa shape index (κ3) is 4.55. The second kappa shape index (κ2) is 8.72. The molecule has 138 valence electrons. The third-order valence-electron chi connectivity index (χ3n) is 4.93. The number of hydrogen-bond donors (Lipinski definition) is 2. The van der Waals surface area contributed by atoms with Gasteiger partial charge in [0.25, 0.3) is 0 Å². The summed E-state index contributed by atoms with van der Waals surface area (Å²) in [5.41, 5.74) is 8.24. The molecule has 26 heavy (non-hydrogen) atoms. The minimum absolute atomic E-state index is 0.0112. The van der Waals surface area contributed by atoms with Gasteiger partial charge in [0.15, 0.2) is 0 Å². The van der Waals surface area contributed by atoms with E-state index in [2.05, 4.69) is 16.3 Å². The van der Waals surface area contributed by atoms with E-state index in [1.807, 2.05) is 48.5 Å². The predicted molar refractivity (Wildman–Crippen MR) is 104 cm³/mol. The SMILES string of the molecule is COc1ccccc1N1CCC(CNC(=O)CC(N)c2ccccc2)C1. The molecule has 0 spiro atoms. The van der Waals surface area contributed by atoms with Gasteiger partial charge < -0.3 is 20.7 Å². The van der Waals surface area contributed by atoms with Crippen molar-refractivity contribution < 1.29 is 9.53 Å². The van der Waals surface area contributed by atoms with Crippen molar-refractivity contribution in [3.05, 3.63) is 60.2 Å². The van der Waals surface area contributed by atoms with Crippen LogP contribution in [0.15, 0.2) is 54.6 Å². The summed E-state index contributed by atoms with van der Waals surface area (Å²) in [5.74, 6) is 1.35. The Morgan fingerprint density at radius 2 is 1.96 bits per heavy atom. The zero-order valence-electron chi connectivity index (χ0n) is 15.2. The van der Waals surface area contributed by atoms with Crippen molar-refractivity contribution in [2.45, 2.75) is 18.9 Å². The summed E-state index contributed by atoms with van der Waals surface area (Å²) in [7, 11) is 1.70. The first kappa shape index (κ1) is 18.3. The van der Waals surface area contributed by atoms with Gasteiger partial charge in [0.05, 0.1) is 12.8 Å². The van der Waals surface area contributed by atoms with Gasteiger partial charge in [0.2, 0.25) is 5.91 Å². The van der Waals surface area contributed by atoms with E-state index < -0.39 is 0 Å². The smallest absolute Gasteiger partial charge is 0.221 e. The monoisotopic (exact) mass is 353 g/mol. The largest absolute Gasteiger partial charge is 0.495 e. The number of carbonyl (C=O) groups excluding carboxylic acids is 1. The van der Waals surface area contributed by atoms with E-state index in [-0.39, 0.29) is 11.9 Å². The standard InChI is InChI=1S/C21H27N3O2/c1-26-20-10-6-5-9-19(20)24-12-11-16(15-24)14-23-21(25)13-18(22)17-7-3-2-4-8-17/h2-10,16,18H,11-15,22H2,1H3,(H,23,25). The molecule has 1 amide bonds. The molecule has 0 radical (unpaired) electrons. The normalized spacial score (nSPS) is 17.8. The molecule has 1 aliphatic rings. The summed E-state index contributed by atoms with van der Waals surface area (Å²) in [4.78, 5) is 14.5. The van der Waals surface area contributed by atoms with E-state index in [4.69, 9.17) is 10.5 Å². The molecule has 1 heterocycles. The van der Waals surface area contributed by atoms with Crippen LogP contribution >= 0.6 is 0 Å². The van der Waals surface area contributed by atoms with Crippen LogP contribution in [0.3, 0.4) is 0 Å². The molecule has 1 aliphatic heterocycles. The Balaban J connectivity index is 1.46. The van der Waals surface area contributed by atoms with E-state index in [1.165, 1.54) is 0 Å². The van der Waals surface area contributed by atoms with Crippen molar-refractivity contribution in [3.63, 3.8) is 0 Å². The molecular formula is C21H27N3O2. The number of ether oxygens (including phenoxy) is 1. The molecule has 5 heteroatoms. The second-order valence-electron chi connectivity index (χ2n) is 6.80. The van der Waals surface area contributed by atoms with Crippen LogP contribution in [-0.2, 0) is 4.79 Å². The second-order valence-corrected chi connectivity index (χ2v) is 6.80. The number of benzene rings is 2. The fraction of sp³-hybridized carbons (Fsp3) is 0.381. The highest BCUT2D eigenvalue weighted by molar-refractivity contribution is 5.76. The summed E-state index contributed by atoms with van der Waals surface area (Å²) in [5, 5.41) is 3.05. The number of hydrogen-bond acceptors (Lipinski definition) is 4. The van der Waals surface area contributed by atoms with E-state index in [0.717, 1.165) is 36.5 Å². The molecule has 2 aromatic rings. The Labute approximate surface area is 155 Å². The van der Waals surface area contributed by atoms with Crippen LogP contribution in [0.25, 0.3) is 0 Å². The maximum atomic E-state index is 12.2. The van der Waals surface area contributed by atoms with Crippen molar-refractivity contribution in [2.24, 2.45) is 11.7 Å². The average molecular weight is 353 g/mol. The molecule has 3 N–H and O–H groups in total. The minimum atomic E-state index is -0.259. The van der Waals surface area contributed by atoms with Gasteiger partial charge in [0.1, 0.15) is 5.75 Å². The molecule has 0 saturated carbocycles. The topological polar surface area (TPSA) is 67.6 Å². The van der Waals surface area contributed by atoms with Crippen molar-refractivity contribution in [3.8, 4) is 5.75 Å². The number of nitrogens with zero attached hydrogens (tertiary/aromatic N) is 1. The van der Waals surface area contributed by atoms with Crippen molar-refractivity contribution in [1.82, 2.24) is 5.32 Å². The molecule has 5 nitrogen and oxygen atoms in total. The van der Waals surface area contributed by atoms with E-state index in [1.54, 1.807) is 7.11 Å². The summed E-state index contributed by atoms with van der Waals surface area (Å²) in [6.07, 6.45) is 1.37. The summed E-state index contributed by atoms with van der Waals surface area (Å²) in [6.45, 7) is 2.59. The summed E-state index contributed by atoms with van der Waals surface area (Å²) >= 11 is 0. The van der Waals surface area contributed by atoms with Gasteiger partial charge in [-0.1, -0.05) is 42.5 Å². The number of para-hydroxylation sites is 2. The summed E-state index contributed by atoms with van der Waals surface area (Å²) in [6, 6.07) is 17.6. The van der Waals surface area contributed by atoms with Crippen LogP contribution in [0.2, 0.25) is 0 Å². The van der Waals surface area contributed by atoms with Crippen molar-refractivity contribution in [1.29, 1.82) is 0 Å². The van der Waals surface area contributed by atoms with Crippen LogP contribution < -0.4 is 20.7 Å². The van der Waals surface area contributed by atoms with Crippen LogP contribution in [0.5, 0.6) is 5.75 Å². The number of rotatable bonds is 7. The zero-order chi connectivity index (χ0) is 18.4. The molecule has 0 bridgehead atoms. The Bertz CT molecular complexity index is 720. The molecule has 2 atom stereocenters. The average Bonchev–Trinajstić information content (AvgIpc) is 3.16. The lowest BCUT2D eigenvalue weighted by Crippen LogP contribution is -2.33. The summed E-state index contributed by atoms with van der Waals surface area (Å²) < 4.78 is 5.45. The first-order chi connectivity index (χ1) is 12.7. The van der Waals surface area contributed by atoms with Gasteiger partial charge in [-0.2, -0.15) is 0 Å². The third-order valence-corrected chi connectivity index (χ3v) is 4.93. The minimum Gasteiger partial charge on any atom is -0.495 e. The lowest BCUT2D eigenvalue weighted by atomic mass is 10.0. The van der Waals surface area contributed by atoms with Crippen LogP contribution in [0, 0.1) is 5.92 Å². The van der Waals surface area contributed by atoms with Crippen molar-refractivity contribution in [2.75, 3.05) is 31.6 Å². The molecule has 1 saturated heterocycles. The van der Waals surface area contributed by atoms with Crippen LogP contribution in [-0.4, -0.2) is 32.7 Å². The predicted octanol–water partition coefficient (Wildman–Crippen LogP) is 2.73. The van der Waals surface area contributed by atoms with Gasteiger partial charge in [-0.05, 0) is 30.0 Å². The molecule has 1 fully saturated rings. The van der Waals surface area contributed by atoms with Gasteiger partial charge in [-0.3, -0.25) is 4.79 Å². The van der Waals surface area contributed by atoms with E-state index >= 15 is 0 Å². The number of anilines is 1. The van der Waals surface area contributed by atoms with Crippen molar-refractivity contribution >= 4 is 11.6 Å². The quantitative estimate of drug-likeness (QED) is 0.803. The first-order valence-electron chi connectivity index (χ1n) is 9.12. The number of nitrogens with one attached hydrogen (secondary N) is 1. The van der Waals surface area contributed by atoms with Crippen LogP contribution in [0.4, 0.5) is 5.69 Å². The number of amides is 1. The van der Waals surface area contributed by atoms with Gasteiger partial charge >= 0.3 is 0 Å². The van der Waals surface area contributed by atoms with E-state index in [9.17, 15) is 4.79 Å². The molecule has 2 unspecified atom stereocenters. The molecular weight excluding hydrogens is 326 g/mol. The number of carbonyl (C=O) groups is 1.